The second-order valence-corrected chi connectivity index (χ2v) is 6.44. The standard InChI is InChI=1S/C20H18ClFN4O2/c1-4-11(7-10(2)24-3)17-19-13(9-16(27)26-17)18(20(23)28-19)25-12-5-6-15(22)14(21)8-12/h4-9,25H,3,23H2,1-2H3,(H,26,27)/b10-7-,11-4+. The predicted octanol–water partition coefficient (Wildman–Crippen LogP) is 5.25. The predicted molar refractivity (Wildman–Crippen MR) is 113 cm³/mol. The van der Waals surface area contributed by atoms with E-state index >= 15 is 0 Å². The molecule has 0 saturated carbocycles. The summed E-state index contributed by atoms with van der Waals surface area (Å²) in [5.41, 5.74) is 8.82. The summed E-state index contributed by atoms with van der Waals surface area (Å²) in [4.78, 5) is 18.9. The van der Waals surface area contributed by atoms with Crippen molar-refractivity contribution in [3.63, 3.8) is 0 Å². The highest BCUT2D eigenvalue weighted by atomic mass is 35.5. The van der Waals surface area contributed by atoms with E-state index in [1.807, 2.05) is 13.0 Å². The number of rotatable bonds is 5. The van der Waals surface area contributed by atoms with E-state index in [4.69, 9.17) is 21.8 Å². The molecular weight excluding hydrogens is 383 g/mol. The molecule has 0 aliphatic carbocycles. The maximum absolute atomic E-state index is 13.4. The number of pyridine rings is 1. The summed E-state index contributed by atoms with van der Waals surface area (Å²) >= 11 is 5.83. The number of nitrogens with zero attached hydrogens (tertiary/aromatic N) is 1. The number of aromatic amines is 1. The van der Waals surface area contributed by atoms with Gasteiger partial charge in [0.1, 0.15) is 11.5 Å². The normalized spacial score (nSPS) is 12.4. The van der Waals surface area contributed by atoms with Crippen molar-refractivity contribution in [1.29, 1.82) is 0 Å². The van der Waals surface area contributed by atoms with E-state index in [0.717, 1.165) is 0 Å². The highest BCUT2D eigenvalue weighted by Gasteiger charge is 2.18. The van der Waals surface area contributed by atoms with E-state index in [2.05, 4.69) is 22.0 Å². The lowest BCUT2D eigenvalue weighted by molar-refractivity contribution is 0.628. The van der Waals surface area contributed by atoms with Gasteiger partial charge in [-0.05, 0) is 50.4 Å². The third-order valence-electron chi connectivity index (χ3n) is 4.13. The lowest BCUT2D eigenvalue weighted by atomic mass is 10.1. The van der Waals surface area contributed by atoms with Gasteiger partial charge in [-0.1, -0.05) is 17.7 Å². The summed E-state index contributed by atoms with van der Waals surface area (Å²) in [5, 5.41) is 3.48. The van der Waals surface area contributed by atoms with E-state index in [-0.39, 0.29) is 16.5 Å². The van der Waals surface area contributed by atoms with E-state index in [0.29, 0.717) is 39.3 Å². The van der Waals surface area contributed by atoms with Crippen molar-refractivity contribution in [3.8, 4) is 0 Å². The number of aromatic nitrogens is 1. The van der Waals surface area contributed by atoms with Gasteiger partial charge in [0.15, 0.2) is 5.58 Å². The van der Waals surface area contributed by atoms with Crippen LogP contribution < -0.4 is 16.6 Å². The molecule has 28 heavy (non-hydrogen) atoms. The van der Waals surface area contributed by atoms with Crippen LogP contribution >= 0.6 is 11.6 Å². The zero-order valence-electron chi connectivity index (χ0n) is 15.3. The van der Waals surface area contributed by atoms with Crippen LogP contribution in [0.2, 0.25) is 5.02 Å². The van der Waals surface area contributed by atoms with Crippen LogP contribution in [0.15, 0.2) is 56.3 Å². The molecular formula is C20H18ClFN4O2. The van der Waals surface area contributed by atoms with Crippen LogP contribution in [0.25, 0.3) is 16.5 Å². The molecule has 2 heterocycles. The summed E-state index contributed by atoms with van der Waals surface area (Å²) in [7, 11) is 0. The lowest BCUT2D eigenvalue weighted by Gasteiger charge is -2.07. The smallest absolute Gasteiger partial charge is 0.249 e. The number of aliphatic imine (C=N–C) groups is 1. The number of hydrogen-bond acceptors (Lipinski definition) is 5. The van der Waals surface area contributed by atoms with E-state index in [9.17, 15) is 9.18 Å². The molecule has 2 aromatic heterocycles. The molecule has 0 amide bonds. The third-order valence-corrected chi connectivity index (χ3v) is 4.42. The third kappa shape index (κ3) is 3.70. The number of allylic oxidation sites excluding steroid dienone is 4. The molecule has 0 bridgehead atoms. The first kappa shape index (κ1) is 19.4. The first-order chi connectivity index (χ1) is 13.3. The van der Waals surface area contributed by atoms with Gasteiger partial charge in [0.05, 0.1) is 16.1 Å². The van der Waals surface area contributed by atoms with Crippen LogP contribution in [0.3, 0.4) is 0 Å². The minimum absolute atomic E-state index is 0.0383. The van der Waals surface area contributed by atoms with Crippen LogP contribution in [0, 0.1) is 5.82 Å². The second-order valence-electron chi connectivity index (χ2n) is 6.03. The molecule has 3 rings (SSSR count). The Hall–Kier alpha value is -3.32. The Bertz CT molecular complexity index is 1190. The van der Waals surface area contributed by atoms with Gasteiger partial charge in [-0.3, -0.25) is 9.79 Å². The summed E-state index contributed by atoms with van der Waals surface area (Å²) in [6.45, 7) is 7.10. The molecule has 0 unspecified atom stereocenters. The fourth-order valence-electron chi connectivity index (χ4n) is 2.75. The van der Waals surface area contributed by atoms with Gasteiger partial charge in [-0.15, -0.1) is 0 Å². The summed E-state index contributed by atoms with van der Waals surface area (Å²) < 4.78 is 19.1. The number of fused-ring (bicyclic) bond motifs is 1. The largest absolute Gasteiger partial charge is 0.436 e. The van der Waals surface area contributed by atoms with Crippen molar-refractivity contribution < 1.29 is 8.81 Å². The summed E-state index contributed by atoms with van der Waals surface area (Å²) in [6.07, 6.45) is 3.58. The van der Waals surface area contributed by atoms with Crippen LogP contribution in [0.1, 0.15) is 19.5 Å². The first-order valence-electron chi connectivity index (χ1n) is 8.33. The minimum atomic E-state index is -0.535. The molecule has 0 radical (unpaired) electrons. The van der Waals surface area contributed by atoms with Gasteiger partial charge in [0, 0.05) is 17.5 Å². The van der Waals surface area contributed by atoms with E-state index < -0.39 is 5.82 Å². The maximum atomic E-state index is 13.4. The number of H-pyrrole nitrogens is 1. The van der Waals surface area contributed by atoms with Gasteiger partial charge >= 0.3 is 0 Å². The number of nitrogen functional groups attached to an aromatic ring is 1. The first-order valence-corrected chi connectivity index (χ1v) is 8.71. The van der Waals surface area contributed by atoms with Crippen LogP contribution in [0.4, 0.5) is 21.6 Å². The number of furan rings is 1. The van der Waals surface area contributed by atoms with Crippen molar-refractivity contribution in [1.82, 2.24) is 4.98 Å². The highest BCUT2D eigenvalue weighted by Crippen LogP contribution is 2.38. The zero-order valence-corrected chi connectivity index (χ0v) is 16.0. The second kappa shape index (κ2) is 7.74. The van der Waals surface area contributed by atoms with Crippen molar-refractivity contribution >= 4 is 52.1 Å². The van der Waals surface area contributed by atoms with Crippen molar-refractivity contribution in [3.05, 3.63) is 69.0 Å². The van der Waals surface area contributed by atoms with Crippen molar-refractivity contribution in [2.45, 2.75) is 13.8 Å². The Labute approximate surface area is 165 Å². The van der Waals surface area contributed by atoms with Crippen LogP contribution in [-0.4, -0.2) is 11.7 Å². The van der Waals surface area contributed by atoms with Gasteiger partial charge in [-0.25, -0.2) is 4.39 Å². The molecule has 0 atom stereocenters. The van der Waals surface area contributed by atoms with Gasteiger partial charge in [0.2, 0.25) is 11.4 Å². The monoisotopic (exact) mass is 400 g/mol. The minimum Gasteiger partial charge on any atom is -0.436 e. The lowest BCUT2D eigenvalue weighted by Crippen LogP contribution is -2.07. The zero-order chi connectivity index (χ0) is 20.4. The molecule has 0 aliphatic rings. The molecule has 4 N–H and O–H groups in total. The molecule has 8 heteroatoms. The van der Waals surface area contributed by atoms with E-state index in [1.165, 1.54) is 24.3 Å². The number of benzene rings is 1. The molecule has 0 saturated heterocycles. The van der Waals surface area contributed by atoms with Gasteiger partial charge in [0.25, 0.3) is 0 Å². The van der Waals surface area contributed by atoms with Crippen molar-refractivity contribution in [2.75, 3.05) is 11.1 Å². The van der Waals surface area contributed by atoms with Gasteiger partial charge in [-0.2, -0.15) is 0 Å². The Morgan fingerprint density at radius 2 is 2.18 bits per heavy atom. The highest BCUT2D eigenvalue weighted by molar-refractivity contribution is 6.31. The Morgan fingerprint density at radius 1 is 1.43 bits per heavy atom. The Morgan fingerprint density at radius 3 is 2.82 bits per heavy atom. The number of anilines is 3. The Kier molecular flexibility index (Phi) is 5.37. The van der Waals surface area contributed by atoms with E-state index in [1.54, 1.807) is 13.0 Å². The van der Waals surface area contributed by atoms with Gasteiger partial charge < -0.3 is 20.5 Å². The number of nitrogens with one attached hydrogen (secondary N) is 2. The maximum Gasteiger partial charge on any atom is 0.249 e. The fourth-order valence-corrected chi connectivity index (χ4v) is 2.93. The molecule has 3 aromatic rings. The quantitative estimate of drug-likeness (QED) is 0.402. The average Bonchev–Trinajstić information content (AvgIpc) is 2.97. The summed E-state index contributed by atoms with van der Waals surface area (Å²) in [6, 6.07) is 5.53. The molecule has 144 valence electrons. The molecule has 0 aliphatic heterocycles. The fraction of sp³-hybridized carbons (Fsp3) is 0.100. The molecule has 0 spiro atoms. The average molecular weight is 401 g/mol. The number of hydrogen-bond donors (Lipinski definition) is 3. The SMILES string of the molecule is C=N/C(C)=C\C(=C/C)c1[nH]c(=O)cc2c(Nc3ccc(F)c(Cl)c3)c(N)oc12. The van der Waals surface area contributed by atoms with Crippen LogP contribution in [0.5, 0.6) is 0 Å². The van der Waals surface area contributed by atoms with Crippen molar-refractivity contribution in [2.24, 2.45) is 4.99 Å². The topological polar surface area (TPSA) is 96.4 Å². The molecule has 1 aromatic carbocycles. The number of halogens is 2. The molecule has 6 nitrogen and oxygen atoms in total. The Balaban J connectivity index is 2.18. The number of nitrogens with two attached hydrogens (primary N) is 1. The molecule has 0 fully saturated rings. The van der Waals surface area contributed by atoms with Crippen LogP contribution in [-0.2, 0) is 0 Å². The summed E-state index contributed by atoms with van der Waals surface area (Å²) in [5.74, 6) is -0.458.